The van der Waals surface area contributed by atoms with E-state index in [0.29, 0.717) is 6.61 Å². The van der Waals surface area contributed by atoms with Crippen molar-refractivity contribution in [2.24, 2.45) is 0 Å². The Labute approximate surface area is 83.5 Å². The first kappa shape index (κ1) is 9.03. The molecular formula is C12H12O2. The highest BCUT2D eigenvalue weighted by Crippen LogP contribution is 2.17. The summed E-state index contributed by atoms with van der Waals surface area (Å²) in [7, 11) is 0. The minimum absolute atomic E-state index is 0.310. The van der Waals surface area contributed by atoms with E-state index in [1.807, 2.05) is 36.4 Å². The van der Waals surface area contributed by atoms with Crippen molar-refractivity contribution in [2.75, 3.05) is 0 Å². The molecule has 2 rings (SSSR count). The summed E-state index contributed by atoms with van der Waals surface area (Å²) in [4.78, 5) is 0. The molecule has 0 N–H and O–H groups in total. The standard InChI is InChI=1S/C12H12O2/c1-10-7-8-13-12(10)14-9-11-5-3-2-4-6-11/h2-8,12H,1,9H2. The van der Waals surface area contributed by atoms with Gasteiger partial charge in [-0.25, -0.2) is 0 Å². The first-order chi connectivity index (χ1) is 6.86. The molecular weight excluding hydrogens is 176 g/mol. The normalized spacial score (nSPS) is 19.7. The maximum absolute atomic E-state index is 5.52. The van der Waals surface area contributed by atoms with Crippen LogP contribution in [0.15, 0.2) is 54.8 Å². The lowest BCUT2D eigenvalue weighted by Crippen LogP contribution is -2.12. The Morgan fingerprint density at radius 3 is 2.71 bits per heavy atom. The maximum atomic E-state index is 5.52. The number of hydrogen-bond acceptors (Lipinski definition) is 2. The molecule has 2 nitrogen and oxygen atoms in total. The molecule has 0 saturated carbocycles. The van der Waals surface area contributed by atoms with Crippen molar-refractivity contribution >= 4 is 0 Å². The van der Waals surface area contributed by atoms with Gasteiger partial charge in [-0.05, 0) is 11.6 Å². The second-order valence-electron chi connectivity index (χ2n) is 3.14. The van der Waals surface area contributed by atoms with Gasteiger partial charge in [0.2, 0.25) is 6.29 Å². The first-order valence-corrected chi connectivity index (χ1v) is 4.52. The minimum atomic E-state index is -0.310. The Kier molecular flexibility index (Phi) is 2.65. The molecule has 1 aliphatic heterocycles. The van der Waals surface area contributed by atoms with Gasteiger partial charge in [0, 0.05) is 5.57 Å². The smallest absolute Gasteiger partial charge is 0.225 e. The third-order valence-electron chi connectivity index (χ3n) is 2.03. The second kappa shape index (κ2) is 4.11. The van der Waals surface area contributed by atoms with E-state index in [0.717, 1.165) is 11.1 Å². The van der Waals surface area contributed by atoms with Gasteiger partial charge in [0.05, 0.1) is 12.9 Å². The zero-order valence-electron chi connectivity index (χ0n) is 7.85. The van der Waals surface area contributed by atoms with Crippen LogP contribution in [-0.4, -0.2) is 6.29 Å². The van der Waals surface area contributed by atoms with Crippen LogP contribution in [0.5, 0.6) is 0 Å². The highest BCUT2D eigenvalue weighted by atomic mass is 16.7. The molecule has 72 valence electrons. The lowest BCUT2D eigenvalue weighted by molar-refractivity contribution is -0.0779. The third kappa shape index (κ3) is 2.03. The monoisotopic (exact) mass is 188 g/mol. The molecule has 1 heterocycles. The van der Waals surface area contributed by atoms with E-state index in [1.165, 1.54) is 0 Å². The largest absolute Gasteiger partial charge is 0.468 e. The molecule has 1 atom stereocenters. The van der Waals surface area contributed by atoms with Crippen LogP contribution in [0.2, 0.25) is 0 Å². The molecule has 14 heavy (non-hydrogen) atoms. The quantitative estimate of drug-likeness (QED) is 0.726. The summed E-state index contributed by atoms with van der Waals surface area (Å²) in [6.45, 7) is 4.36. The van der Waals surface area contributed by atoms with Crippen molar-refractivity contribution in [1.29, 1.82) is 0 Å². The lowest BCUT2D eigenvalue weighted by atomic mass is 10.2. The van der Waals surface area contributed by atoms with E-state index in [9.17, 15) is 0 Å². The fourth-order valence-corrected chi connectivity index (χ4v) is 1.26. The van der Waals surface area contributed by atoms with Gasteiger partial charge in [0.15, 0.2) is 0 Å². The highest BCUT2D eigenvalue weighted by molar-refractivity contribution is 5.20. The van der Waals surface area contributed by atoms with E-state index < -0.39 is 0 Å². The van der Waals surface area contributed by atoms with Crippen molar-refractivity contribution in [3.8, 4) is 0 Å². The number of rotatable bonds is 3. The van der Waals surface area contributed by atoms with Crippen LogP contribution >= 0.6 is 0 Å². The van der Waals surface area contributed by atoms with Gasteiger partial charge in [-0.2, -0.15) is 0 Å². The Balaban J connectivity index is 1.86. The predicted octanol–water partition coefficient (Wildman–Crippen LogP) is 2.63. The Morgan fingerprint density at radius 2 is 2.07 bits per heavy atom. The SMILES string of the molecule is C=C1C=COC1OCc1ccccc1. The summed E-state index contributed by atoms with van der Waals surface area (Å²) in [6.07, 6.45) is 3.11. The van der Waals surface area contributed by atoms with Crippen LogP contribution in [0.3, 0.4) is 0 Å². The zero-order chi connectivity index (χ0) is 9.80. The van der Waals surface area contributed by atoms with Gasteiger partial charge in [-0.15, -0.1) is 0 Å². The molecule has 0 aromatic heterocycles. The molecule has 1 aromatic rings. The molecule has 1 unspecified atom stereocenters. The molecule has 1 aliphatic rings. The van der Waals surface area contributed by atoms with E-state index in [-0.39, 0.29) is 6.29 Å². The summed E-state index contributed by atoms with van der Waals surface area (Å²) >= 11 is 0. The van der Waals surface area contributed by atoms with Crippen LogP contribution in [0, 0.1) is 0 Å². The van der Waals surface area contributed by atoms with E-state index >= 15 is 0 Å². The number of ether oxygens (including phenoxy) is 2. The van der Waals surface area contributed by atoms with Crippen LogP contribution < -0.4 is 0 Å². The lowest BCUT2D eigenvalue weighted by Gasteiger charge is -2.12. The average molecular weight is 188 g/mol. The highest BCUT2D eigenvalue weighted by Gasteiger charge is 2.15. The summed E-state index contributed by atoms with van der Waals surface area (Å²) < 4.78 is 10.7. The molecule has 2 heteroatoms. The van der Waals surface area contributed by atoms with Crippen molar-refractivity contribution in [3.63, 3.8) is 0 Å². The molecule has 0 saturated heterocycles. The molecule has 0 fully saturated rings. The van der Waals surface area contributed by atoms with E-state index in [2.05, 4.69) is 6.58 Å². The van der Waals surface area contributed by atoms with Gasteiger partial charge in [-0.3, -0.25) is 0 Å². The average Bonchev–Trinajstić information content (AvgIpc) is 2.63. The molecule has 0 amide bonds. The van der Waals surface area contributed by atoms with Gasteiger partial charge >= 0.3 is 0 Å². The summed E-state index contributed by atoms with van der Waals surface area (Å²) in [6, 6.07) is 9.99. The maximum Gasteiger partial charge on any atom is 0.225 e. The first-order valence-electron chi connectivity index (χ1n) is 4.52. The molecule has 0 spiro atoms. The zero-order valence-corrected chi connectivity index (χ0v) is 7.85. The number of hydrogen-bond donors (Lipinski definition) is 0. The van der Waals surface area contributed by atoms with Crippen LogP contribution in [-0.2, 0) is 16.1 Å². The Hall–Kier alpha value is -1.54. The van der Waals surface area contributed by atoms with Crippen molar-refractivity contribution < 1.29 is 9.47 Å². The molecule has 0 aliphatic carbocycles. The van der Waals surface area contributed by atoms with Gasteiger partial charge in [-0.1, -0.05) is 36.9 Å². The minimum Gasteiger partial charge on any atom is -0.468 e. The fourth-order valence-electron chi connectivity index (χ4n) is 1.26. The van der Waals surface area contributed by atoms with Crippen molar-refractivity contribution in [2.45, 2.75) is 12.9 Å². The van der Waals surface area contributed by atoms with Crippen molar-refractivity contribution in [1.82, 2.24) is 0 Å². The second-order valence-corrected chi connectivity index (χ2v) is 3.14. The summed E-state index contributed by atoms with van der Waals surface area (Å²) in [5.41, 5.74) is 2.00. The van der Waals surface area contributed by atoms with E-state index in [4.69, 9.17) is 9.47 Å². The third-order valence-corrected chi connectivity index (χ3v) is 2.03. The topological polar surface area (TPSA) is 18.5 Å². The Morgan fingerprint density at radius 1 is 1.29 bits per heavy atom. The Bertz CT molecular complexity index is 341. The molecule has 0 bridgehead atoms. The molecule has 1 aromatic carbocycles. The van der Waals surface area contributed by atoms with Crippen LogP contribution in [0.25, 0.3) is 0 Å². The van der Waals surface area contributed by atoms with E-state index in [1.54, 1.807) is 6.26 Å². The van der Waals surface area contributed by atoms with Gasteiger partial charge in [0.1, 0.15) is 0 Å². The van der Waals surface area contributed by atoms with Crippen molar-refractivity contribution in [3.05, 3.63) is 60.4 Å². The summed E-state index contributed by atoms with van der Waals surface area (Å²) in [5, 5.41) is 0. The number of benzene rings is 1. The fraction of sp³-hybridized carbons (Fsp3) is 0.167. The predicted molar refractivity (Wildman–Crippen MR) is 54.4 cm³/mol. The summed E-state index contributed by atoms with van der Waals surface area (Å²) in [5.74, 6) is 0. The van der Waals surface area contributed by atoms with Gasteiger partial charge < -0.3 is 9.47 Å². The molecule has 0 radical (unpaired) electrons. The van der Waals surface area contributed by atoms with Crippen LogP contribution in [0.1, 0.15) is 5.56 Å². The van der Waals surface area contributed by atoms with Gasteiger partial charge in [0.25, 0.3) is 0 Å². The van der Waals surface area contributed by atoms with Crippen LogP contribution in [0.4, 0.5) is 0 Å².